The van der Waals surface area contributed by atoms with Crippen LogP contribution >= 0.6 is 12.6 Å². The fraction of sp³-hybridized carbons (Fsp3) is 1.00. The first kappa shape index (κ1) is 25.3. The Morgan fingerprint density at radius 2 is 0.846 bits per heavy atom. The molecule has 1 atom stereocenters. The molecule has 0 saturated carbocycles. The second-order valence-electron chi connectivity index (χ2n) is 4.91. The van der Waals surface area contributed by atoms with Crippen LogP contribution in [0.4, 0.5) is 65.9 Å². The molecule has 0 bridgehead atoms. The molecule has 0 amide bonds. The predicted molar refractivity (Wildman–Crippen MR) is 58.8 cm³/mol. The molecule has 0 radical (unpaired) electrons. The molecule has 0 aromatic heterocycles. The second kappa shape index (κ2) is 6.43. The van der Waals surface area contributed by atoms with Gasteiger partial charge < -0.3 is 0 Å². The van der Waals surface area contributed by atoms with Crippen LogP contribution in [0, 0.1) is 0 Å². The zero-order chi connectivity index (χ0) is 21.8. The molecule has 0 saturated heterocycles. The van der Waals surface area contributed by atoms with Crippen molar-refractivity contribution in [2.75, 3.05) is 0 Å². The molecule has 16 heteroatoms. The second-order valence-corrected chi connectivity index (χ2v) is 5.47. The van der Waals surface area contributed by atoms with E-state index in [-0.39, 0.29) is 0 Å². The number of hydrogen-bond acceptors (Lipinski definition) is 1. The Morgan fingerprint density at radius 3 is 1.12 bits per heavy atom. The number of thiol groups is 1. The first-order chi connectivity index (χ1) is 11.0. The van der Waals surface area contributed by atoms with E-state index in [1.807, 2.05) is 0 Å². The van der Waals surface area contributed by atoms with E-state index < -0.39 is 53.4 Å². The third kappa shape index (κ3) is 3.08. The summed E-state index contributed by atoms with van der Waals surface area (Å²) in [5, 5.41) is -6.46. The zero-order valence-electron chi connectivity index (χ0n) is 11.9. The summed E-state index contributed by atoms with van der Waals surface area (Å²) in [5.74, 6) is -46.2. The van der Waals surface area contributed by atoms with Crippen LogP contribution in [0.1, 0.15) is 13.3 Å². The minimum Gasteiger partial charge on any atom is -0.241 e. The molecular formula is C10H7F15S. The van der Waals surface area contributed by atoms with Crippen molar-refractivity contribution in [3.05, 3.63) is 0 Å². The lowest BCUT2D eigenvalue weighted by atomic mass is 9.89. The van der Waals surface area contributed by atoms with Crippen LogP contribution in [0.15, 0.2) is 0 Å². The standard InChI is InChI=1S/C10H7F15S/c1-2-3(11)4(12,13)5(14,15)6(16,17)7(18,19)8(20,21)9(22,23)10(24,25)26/h3,26H,2H2,1H3. The molecule has 0 aliphatic carbocycles. The number of rotatable bonds is 8. The van der Waals surface area contributed by atoms with Crippen LogP contribution in [0.5, 0.6) is 0 Å². The first-order valence-electron chi connectivity index (χ1n) is 5.99. The summed E-state index contributed by atoms with van der Waals surface area (Å²) in [4.78, 5) is 0. The Hall–Kier alpha value is -0.700. The maximum Gasteiger partial charge on any atom is 0.387 e. The summed E-state index contributed by atoms with van der Waals surface area (Å²) in [7, 11) is 0. The number of hydrogen-bond donors (Lipinski definition) is 1. The quantitative estimate of drug-likeness (QED) is 0.341. The number of halogens is 15. The Balaban J connectivity index is 6.51. The Bertz CT molecular complexity index is 505. The average molecular weight is 444 g/mol. The van der Waals surface area contributed by atoms with Gasteiger partial charge in [0.15, 0.2) is 6.17 Å². The molecule has 0 aromatic carbocycles. The fourth-order valence-corrected chi connectivity index (χ4v) is 1.58. The van der Waals surface area contributed by atoms with Crippen molar-refractivity contribution in [1.29, 1.82) is 0 Å². The van der Waals surface area contributed by atoms with E-state index >= 15 is 0 Å². The lowest BCUT2D eigenvalue weighted by Gasteiger charge is -2.42. The third-order valence-corrected chi connectivity index (χ3v) is 3.41. The molecule has 0 rings (SSSR count). The number of alkyl halides is 15. The smallest absolute Gasteiger partial charge is 0.241 e. The van der Waals surface area contributed by atoms with Crippen molar-refractivity contribution in [3.63, 3.8) is 0 Å². The van der Waals surface area contributed by atoms with Crippen molar-refractivity contribution in [3.8, 4) is 0 Å². The van der Waals surface area contributed by atoms with E-state index in [0.717, 1.165) is 0 Å². The lowest BCUT2D eigenvalue weighted by molar-refractivity contribution is -0.438. The zero-order valence-corrected chi connectivity index (χ0v) is 12.8. The molecule has 0 N–H and O–H groups in total. The molecule has 0 fully saturated rings. The molecule has 0 heterocycles. The molecule has 0 nitrogen and oxygen atoms in total. The van der Waals surface area contributed by atoms with Crippen molar-refractivity contribution in [1.82, 2.24) is 0 Å². The van der Waals surface area contributed by atoms with Gasteiger partial charge in [-0.2, -0.15) is 61.5 Å². The fourth-order valence-electron chi connectivity index (χ4n) is 1.44. The molecule has 0 aliphatic heterocycles. The monoisotopic (exact) mass is 444 g/mol. The highest BCUT2D eigenvalue weighted by Crippen LogP contribution is 2.63. The van der Waals surface area contributed by atoms with Gasteiger partial charge in [-0.1, -0.05) is 19.6 Å². The molecule has 0 aromatic rings. The summed E-state index contributed by atoms with van der Waals surface area (Å²) in [6, 6.07) is 0. The van der Waals surface area contributed by atoms with E-state index in [4.69, 9.17) is 0 Å². The van der Waals surface area contributed by atoms with Gasteiger partial charge in [-0.3, -0.25) is 0 Å². The highest BCUT2D eigenvalue weighted by Gasteiger charge is 2.93. The van der Waals surface area contributed by atoms with Crippen molar-refractivity contribution < 1.29 is 65.9 Å². The van der Waals surface area contributed by atoms with E-state index in [2.05, 4.69) is 0 Å². The van der Waals surface area contributed by atoms with Gasteiger partial charge >= 0.3 is 40.8 Å². The first-order valence-corrected chi connectivity index (χ1v) is 6.44. The van der Waals surface area contributed by atoms with E-state index in [1.165, 1.54) is 12.6 Å². The van der Waals surface area contributed by atoms with Gasteiger partial charge in [-0.25, -0.2) is 4.39 Å². The third-order valence-electron chi connectivity index (χ3n) is 3.13. The van der Waals surface area contributed by atoms with Gasteiger partial charge in [-0.15, -0.1) is 0 Å². The van der Waals surface area contributed by atoms with Gasteiger partial charge in [-0.05, 0) is 6.42 Å². The van der Waals surface area contributed by atoms with E-state index in [9.17, 15) is 65.9 Å². The molecule has 26 heavy (non-hydrogen) atoms. The van der Waals surface area contributed by atoms with Gasteiger partial charge in [0.25, 0.3) is 0 Å². The van der Waals surface area contributed by atoms with Gasteiger partial charge in [0.1, 0.15) is 0 Å². The molecule has 0 aliphatic rings. The maximum atomic E-state index is 13.2. The van der Waals surface area contributed by atoms with Crippen molar-refractivity contribution in [2.24, 2.45) is 0 Å². The van der Waals surface area contributed by atoms with Crippen LogP contribution in [0.3, 0.4) is 0 Å². The minimum atomic E-state index is -8.18. The normalized spacial score (nSPS) is 17.4. The topological polar surface area (TPSA) is 0 Å². The average Bonchev–Trinajstić information content (AvgIpc) is 2.43. The largest absolute Gasteiger partial charge is 0.387 e. The molecule has 0 spiro atoms. The van der Waals surface area contributed by atoms with Crippen LogP contribution < -0.4 is 0 Å². The summed E-state index contributed by atoms with van der Waals surface area (Å²) < 4.78 is 194. The highest BCUT2D eigenvalue weighted by molar-refractivity contribution is 7.81. The van der Waals surface area contributed by atoms with Gasteiger partial charge in [0.05, 0.1) is 0 Å². The summed E-state index contributed by atoms with van der Waals surface area (Å²) in [5.41, 5.74) is 0. The van der Waals surface area contributed by atoms with Crippen LogP contribution in [-0.4, -0.2) is 47.0 Å². The van der Waals surface area contributed by atoms with Crippen molar-refractivity contribution in [2.45, 2.75) is 60.3 Å². The highest BCUT2D eigenvalue weighted by atomic mass is 32.1. The molecule has 1 unspecified atom stereocenters. The van der Waals surface area contributed by atoms with Gasteiger partial charge in [0, 0.05) is 0 Å². The SMILES string of the molecule is CCC(F)C(F)(F)C(F)(F)C(F)(F)C(F)(F)C(F)(F)C(F)(F)C(F)(F)S. The summed E-state index contributed by atoms with van der Waals surface area (Å²) in [6.45, 7) is 0.342. The Morgan fingerprint density at radius 1 is 0.577 bits per heavy atom. The summed E-state index contributed by atoms with van der Waals surface area (Å²) >= 11 is 1.50. The van der Waals surface area contributed by atoms with Crippen molar-refractivity contribution >= 4 is 12.6 Å². The maximum absolute atomic E-state index is 13.2. The van der Waals surface area contributed by atoms with Crippen LogP contribution in [0.2, 0.25) is 0 Å². The van der Waals surface area contributed by atoms with E-state index in [0.29, 0.717) is 6.92 Å². The van der Waals surface area contributed by atoms with Crippen LogP contribution in [0.25, 0.3) is 0 Å². The Kier molecular flexibility index (Phi) is 6.26. The minimum absolute atomic E-state index is 0.342. The lowest BCUT2D eigenvalue weighted by Crippen LogP contribution is -2.73. The van der Waals surface area contributed by atoms with Crippen LogP contribution in [-0.2, 0) is 0 Å². The molecule has 158 valence electrons. The Labute approximate surface area is 140 Å². The predicted octanol–water partition coefficient (Wildman–Crippen LogP) is 6.07. The van der Waals surface area contributed by atoms with Gasteiger partial charge in [0.2, 0.25) is 0 Å². The van der Waals surface area contributed by atoms with E-state index in [1.54, 1.807) is 0 Å². The molecular weight excluding hydrogens is 437 g/mol. The summed E-state index contributed by atoms with van der Waals surface area (Å²) in [6.07, 6.45) is -5.99.